The third-order valence-electron chi connectivity index (χ3n) is 3.52. The molecule has 106 valence electrons. The molecule has 5 heteroatoms. The number of aliphatic hydroxyl groups excluding tert-OH is 1. The Morgan fingerprint density at radius 2 is 1.90 bits per heavy atom. The van der Waals surface area contributed by atoms with Crippen molar-refractivity contribution in [2.75, 3.05) is 0 Å². The molecule has 1 aromatic heterocycles. The molecular weight excluding hydrogens is 268 g/mol. The van der Waals surface area contributed by atoms with Gasteiger partial charge in [-0.3, -0.25) is 0 Å². The zero-order chi connectivity index (χ0) is 15.0. The monoisotopic (exact) mass is 282 g/mol. The summed E-state index contributed by atoms with van der Waals surface area (Å²) < 4.78 is 1.78. The first-order valence-electron chi connectivity index (χ1n) is 6.50. The fraction of sp³-hybridized carbons (Fsp3) is 0.125. The number of aryl methyl sites for hydroxylation is 1. The molecule has 0 saturated heterocycles. The first kappa shape index (κ1) is 13.3. The smallest absolute Gasteiger partial charge is 0.335 e. The predicted molar refractivity (Wildman–Crippen MR) is 78.2 cm³/mol. The largest absolute Gasteiger partial charge is 0.478 e. The summed E-state index contributed by atoms with van der Waals surface area (Å²) in [6, 6.07) is 14.0. The van der Waals surface area contributed by atoms with Gasteiger partial charge in [-0.2, -0.15) is 0 Å². The summed E-state index contributed by atoms with van der Waals surface area (Å²) in [7, 11) is 1.80. The highest BCUT2D eigenvalue weighted by molar-refractivity contribution is 5.92. The Labute approximate surface area is 121 Å². The van der Waals surface area contributed by atoms with E-state index < -0.39 is 12.1 Å². The lowest BCUT2D eigenvalue weighted by Crippen LogP contribution is -2.06. The predicted octanol–water partition coefficient (Wildman–Crippen LogP) is 2.35. The van der Waals surface area contributed by atoms with Crippen LogP contribution < -0.4 is 0 Å². The van der Waals surface area contributed by atoms with Crippen molar-refractivity contribution in [3.63, 3.8) is 0 Å². The van der Waals surface area contributed by atoms with Gasteiger partial charge >= 0.3 is 5.97 Å². The van der Waals surface area contributed by atoms with E-state index in [1.165, 1.54) is 12.1 Å². The van der Waals surface area contributed by atoms with Gasteiger partial charge in [0, 0.05) is 7.05 Å². The Kier molecular flexibility index (Phi) is 3.19. The molecule has 3 rings (SSSR count). The maximum atomic E-state index is 11.0. The van der Waals surface area contributed by atoms with Gasteiger partial charge < -0.3 is 14.8 Å². The Balaban J connectivity index is 2.11. The van der Waals surface area contributed by atoms with Crippen LogP contribution in [0.15, 0.2) is 48.5 Å². The number of carboxylic acids is 1. The van der Waals surface area contributed by atoms with Gasteiger partial charge in [-0.15, -0.1) is 0 Å². The number of hydrogen-bond acceptors (Lipinski definition) is 3. The number of nitrogens with zero attached hydrogens (tertiary/aromatic N) is 2. The molecular formula is C16H14N2O3. The lowest BCUT2D eigenvalue weighted by atomic mass is 10.1. The summed E-state index contributed by atoms with van der Waals surface area (Å²) in [4.78, 5) is 15.4. The van der Waals surface area contributed by atoms with E-state index in [0.717, 1.165) is 11.1 Å². The van der Waals surface area contributed by atoms with Crippen LogP contribution in [-0.4, -0.2) is 25.7 Å². The maximum Gasteiger partial charge on any atom is 0.335 e. The van der Waals surface area contributed by atoms with E-state index in [1.54, 1.807) is 17.7 Å². The second kappa shape index (κ2) is 5.03. The fourth-order valence-electron chi connectivity index (χ4n) is 2.38. The lowest BCUT2D eigenvalue weighted by molar-refractivity contribution is 0.0697. The van der Waals surface area contributed by atoms with E-state index in [0.29, 0.717) is 11.3 Å². The highest BCUT2D eigenvalue weighted by Gasteiger charge is 2.18. The standard InChI is InChI=1S/C16H14N2O3/c1-18-13-8-7-11(16(20)21)9-12(13)17-15(18)14(19)10-5-3-2-4-6-10/h2-9,14,19H,1H3,(H,20,21). The van der Waals surface area contributed by atoms with Crippen LogP contribution in [0.4, 0.5) is 0 Å². The highest BCUT2D eigenvalue weighted by Crippen LogP contribution is 2.25. The molecule has 1 heterocycles. The summed E-state index contributed by atoms with van der Waals surface area (Å²) in [6.07, 6.45) is -0.850. The average Bonchev–Trinajstić information content (AvgIpc) is 2.84. The minimum Gasteiger partial charge on any atom is -0.478 e. The number of imidazole rings is 1. The van der Waals surface area contributed by atoms with E-state index in [-0.39, 0.29) is 5.56 Å². The molecule has 0 fully saturated rings. The molecule has 1 unspecified atom stereocenters. The molecule has 0 bridgehead atoms. The molecule has 0 aliphatic carbocycles. The SMILES string of the molecule is Cn1c(C(O)c2ccccc2)nc2cc(C(=O)O)ccc21. The van der Waals surface area contributed by atoms with Crippen LogP contribution in [0.2, 0.25) is 0 Å². The summed E-state index contributed by atoms with van der Waals surface area (Å²) in [5, 5.41) is 19.5. The molecule has 0 saturated carbocycles. The molecule has 2 N–H and O–H groups in total. The molecule has 5 nitrogen and oxygen atoms in total. The first-order chi connectivity index (χ1) is 10.1. The average molecular weight is 282 g/mol. The number of aromatic nitrogens is 2. The number of hydrogen-bond donors (Lipinski definition) is 2. The molecule has 0 spiro atoms. The van der Waals surface area contributed by atoms with Gasteiger partial charge in [0.1, 0.15) is 11.9 Å². The Hall–Kier alpha value is -2.66. The van der Waals surface area contributed by atoms with Crippen molar-refractivity contribution in [1.29, 1.82) is 0 Å². The topological polar surface area (TPSA) is 75.3 Å². The van der Waals surface area contributed by atoms with Crippen LogP contribution in [-0.2, 0) is 7.05 Å². The minimum atomic E-state index is -0.993. The van der Waals surface area contributed by atoms with Crippen LogP contribution in [0.5, 0.6) is 0 Å². The fourth-order valence-corrected chi connectivity index (χ4v) is 2.38. The third kappa shape index (κ3) is 2.28. The summed E-state index contributed by atoms with van der Waals surface area (Å²) in [5.41, 5.74) is 2.27. The van der Waals surface area contributed by atoms with Gasteiger partial charge in [0.15, 0.2) is 0 Å². The summed E-state index contributed by atoms with van der Waals surface area (Å²) in [5.74, 6) is -0.508. The third-order valence-corrected chi connectivity index (χ3v) is 3.52. The Morgan fingerprint density at radius 3 is 2.57 bits per heavy atom. The molecule has 0 amide bonds. The zero-order valence-corrected chi connectivity index (χ0v) is 11.4. The van der Waals surface area contributed by atoms with Crippen molar-refractivity contribution >= 4 is 17.0 Å². The number of aromatic carboxylic acids is 1. The number of fused-ring (bicyclic) bond motifs is 1. The van der Waals surface area contributed by atoms with Crippen molar-refractivity contribution in [3.8, 4) is 0 Å². The number of rotatable bonds is 3. The summed E-state index contributed by atoms with van der Waals surface area (Å²) >= 11 is 0. The maximum absolute atomic E-state index is 11.0. The second-order valence-corrected chi connectivity index (χ2v) is 4.85. The molecule has 2 aromatic carbocycles. The first-order valence-corrected chi connectivity index (χ1v) is 6.50. The zero-order valence-electron chi connectivity index (χ0n) is 11.4. The van der Waals surface area contributed by atoms with Crippen LogP contribution >= 0.6 is 0 Å². The van der Waals surface area contributed by atoms with Gasteiger partial charge in [-0.1, -0.05) is 30.3 Å². The second-order valence-electron chi connectivity index (χ2n) is 4.85. The van der Waals surface area contributed by atoms with E-state index in [9.17, 15) is 9.90 Å². The van der Waals surface area contributed by atoms with Crippen LogP contribution in [0.3, 0.4) is 0 Å². The van der Waals surface area contributed by atoms with Crippen molar-refractivity contribution < 1.29 is 15.0 Å². The highest BCUT2D eigenvalue weighted by atomic mass is 16.4. The van der Waals surface area contributed by atoms with Gasteiger partial charge in [0.25, 0.3) is 0 Å². The Morgan fingerprint density at radius 1 is 1.19 bits per heavy atom. The molecule has 0 radical (unpaired) electrons. The van der Waals surface area contributed by atoms with Crippen LogP contribution in [0.25, 0.3) is 11.0 Å². The van der Waals surface area contributed by atoms with Gasteiger partial charge in [0.05, 0.1) is 16.6 Å². The number of benzene rings is 2. The van der Waals surface area contributed by atoms with Gasteiger partial charge in [-0.05, 0) is 23.8 Å². The van der Waals surface area contributed by atoms with Crippen LogP contribution in [0.1, 0.15) is 27.8 Å². The molecule has 1 atom stereocenters. The minimum absolute atomic E-state index is 0.182. The molecule has 0 aliphatic rings. The van der Waals surface area contributed by atoms with E-state index in [2.05, 4.69) is 4.98 Å². The Bertz CT molecular complexity index is 809. The van der Waals surface area contributed by atoms with Crippen molar-refractivity contribution in [3.05, 3.63) is 65.5 Å². The van der Waals surface area contributed by atoms with Crippen molar-refractivity contribution in [2.45, 2.75) is 6.10 Å². The van der Waals surface area contributed by atoms with E-state index >= 15 is 0 Å². The van der Waals surface area contributed by atoms with E-state index in [4.69, 9.17) is 5.11 Å². The molecule has 3 aromatic rings. The van der Waals surface area contributed by atoms with Gasteiger partial charge in [-0.25, -0.2) is 9.78 Å². The number of aliphatic hydroxyl groups is 1. The normalized spacial score (nSPS) is 12.5. The quantitative estimate of drug-likeness (QED) is 0.773. The van der Waals surface area contributed by atoms with Crippen LogP contribution in [0, 0.1) is 0 Å². The number of carbonyl (C=O) groups is 1. The van der Waals surface area contributed by atoms with Gasteiger partial charge in [0.2, 0.25) is 0 Å². The lowest BCUT2D eigenvalue weighted by Gasteiger charge is -2.10. The van der Waals surface area contributed by atoms with E-state index in [1.807, 2.05) is 30.3 Å². The molecule has 0 aliphatic heterocycles. The van der Waals surface area contributed by atoms with Crippen molar-refractivity contribution in [1.82, 2.24) is 9.55 Å². The number of carboxylic acid groups (broad SMARTS) is 1. The van der Waals surface area contributed by atoms with Crippen molar-refractivity contribution in [2.24, 2.45) is 7.05 Å². The summed E-state index contributed by atoms with van der Waals surface area (Å²) in [6.45, 7) is 0. The molecule has 21 heavy (non-hydrogen) atoms.